The Morgan fingerprint density at radius 2 is 1.80 bits per heavy atom. The van der Waals surface area contributed by atoms with Crippen molar-refractivity contribution in [1.29, 1.82) is 5.26 Å². The van der Waals surface area contributed by atoms with E-state index in [2.05, 4.69) is 12.1 Å². The number of nitrogens with zero attached hydrogens (tertiary/aromatic N) is 1. The van der Waals surface area contributed by atoms with E-state index in [-0.39, 0.29) is 17.2 Å². The third kappa shape index (κ3) is 4.24. The number of hydrogen-bond donors (Lipinski definition) is 0. The predicted octanol–water partition coefficient (Wildman–Crippen LogP) is 4.65. The van der Waals surface area contributed by atoms with Gasteiger partial charge < -0.3 is 4.74 Å². The summed E-state index contributed by atoms with van der Waals surface area (Å²) in [7, 11) is 0. The van der Waals surface area contributed by atoms with Crippen LogP contribution < -0.4 is 4.74 Å². The van der Waals surface area contributed by atoms with Crippen LogP contribution in [0.1, 0.15) is 36.8 Å². The summed E-state index contributed by atoms with van der Waals surface area (Å²) in [5.41, 5.74) is 1.21. The molecule has 0 bridgehead atoms. The summed E-state index contributed by atoms with van der Waals surface area (Å²) in [6.07, 6.45) is 4.48. The van der Waals surface area contributed by atoms with Gasteiger partial charge in [0, 0.05) is 0 Å². The zero-order chi connectivity index (χ0) is 17.6. The standard InChI is InChI=1S/C21H20FNO2/c22-20-18(14-23)7-4-8-19(20)25-21(24)17-11-9-16(10-12-17)13-15-5-2-1-3-6-15/h1-8,16-17H,9-13H2. The highest BCUT2D eigenvalue weighted by Crippen LogP contribution is 2.32. The maximum atomic E-state index is 14.0. The number of benzene rings is 2. The molecule has 0 saturated heterocycles. The molecule has 0 N–H and O–H groups in total. The van der Waals surface area contributed by atoms with Gasteiger partial charge in [0.25, 0.3) is 0 Å². The average molecular weight is 337 g/mol. The first kappa shape index (κ1) is 17.2. The van der Waals surface area contributed by atoms with Gasteiger partial charge in [-0.1, -0.05) is 36.4 Å². The quantitative estimate of drug-likeness (QED) is 0.602. The van der Waals surface area contributed by atoms with Gasteiger partial charge in [0.1, 0.15) is 6.07 Å². The lowest BCUT2D eigenvalue weighted by Gasteiger charge is -2.27. The fourth-order valence-electron chi connectivity index (χ4n) is 3.42. The monoisotopic (exact) mass is 337 g/mol. The van der Waals surface area contributed by atoms with Crippen LogP contribution in [0, 0.1) is 29.0 Å². The van der Waals surface area contributed by atoms with Crippen LogP contribution in [0.15, 0.2) is 48.5 Å². The number of carbonyl (C=O) groups is 1. The molecule has 1 fully saturated rings. The van der Waals surface area contributed by atoms with Gasteiger partial charge >= 0.3 is 5.97 Å². The van der Waals surface area contributed by atoms with Gasteiger partial charge in [0.05, 0.1) is 11.5 Å². The van der Waals surface area contributed by atoms with E-state index in [0.29, 0.717) is 5.92 Å². The number of rotatable bonds is 4. The van der Waals surface area contributed by atoms with Crippen molar-refractivity contribution in [3.63, 3.8) is 0 Å². The average Bonchev–Trinajstić information content (AvgIpc) is 2.65. The summed E-state index contributed by atoms with van der Waals surface area (Å²) in [5.74, 6) is -0.944. The summed E-state index contributed by atoms with van der Waals surface area (Å²) in [6.45, 7) is 0. The smallest absolute Gasteiger partial charge is 0.314 e. The van der Waals surface area contributed by atoms with Crippen LogP contribution in [-0.2, 0) is 11.2 Å². The summed E-state index contributed by atoms with van der Waals surface area (Å²) < 4.78 is 19.2. The van der Waals surface area contributed by atoms with Crippen molar-refractivity contribution in [2.45, 2.75) is 32.1 Å². The van der Waals surface area contributed by atoms with Crippen molar-refractivity contribution >= 4 is 5.97 Å². The maximum absolute atomic E-state index is 14.0. The molecule has 2 aromatic carbocycles. The Morgan fingerprint density at radius 3 is 2.48 bits per heavy atom. The molecule has 25 heavy (non-hydrogen) atoms. The Morgan fingerprint density at radius 1 is 1.08 bits per heavy atom. The maximum Gasteiger partial charge on any atom is 0.314 e. The second-order valence-corrected chi connectivity index (χ2v) is 6.56. The lowest BCUT2D eigenvalue weighted by Crippen LogP contribution is -2.26. The molecule has 3 rings (SSSR count). The fourth-order valence-corrected chi connectivity index (χ4v) is 3.42. The lowest BCUT2D eigenvalue weighted by molar-refractivity contribution is -0.140. The Bertz CT molecular complexity index is 774. The Balaban J connectivity index is 1.54. The highest BCUT2D eigenvalue weighted by atomic mass is 19.1. The van der Waals surface area contributed by atoms with Gasteiger partial charge in [-0.05, 0) is 55.7 Å². The number of nitriles is 1. The number of hydrogen-bond acceptors (Lipinski definition) is 3. The van der Waals surface area contributed by atoms with Gasteiger partial charge in [-0.2, -0.15) is 5.26 Å². The first-order valence-electron chi connectivity index (χ1n) is 8.61. The van der Waals surface area contributed by atoms with E-state index in [1.54, 1.807) is 6.07 Å². The summed E-state index contributed by atoms with van der Waals surface area (Å²) in [5, 5.41) is 8.85. The van der Waals surface area contributed by atoms with Crippen LogP contribution in [0.2, 0.25) is 0 Å². The van der Waals surface area contributed by atoms with Crippen molar-refractivity contribution in [2.75, 3.05) is 0 Å². The molecule has 1 aliphatic carbocycles. The third-order valence-corrected chi connectivity index (χ3v) is 4.84. The fraction of sp³-hybridized carbons (Fsp3) is 0.333. The van der Waals surface area contributed by atoms with E-state index < -0.39 is 11.8 Å². The van der Waals surface area contributed by atoms with E-state index in [0.717, 1.165) is 32.1 Å². The minimum absolute atomic E-state index is 0.114. The van der Waals surface area contributed by atoms with Crippen LogP contribution in [0.4, 0.5) is 4.39 Å². The van der Waals surface area contributed by atoms with Gasteiger partial charge in [0.2, 0.25) is 0 Å². The molecule has 0 aromatic heterocycles. The molecule has 1 aliphatic rings. The van der Waals surface area contributed by atoms with Crippen molar-refractivity contribution in [3.05, 3.63) is 65.5 Å². The molecule has 0 atom stereocenters. The molecule has 0 aliphatic heterocycles. The normalized spacial score (nSPS) is 19.8. The first-order chi connectivity index (χ1) is 12.2. The molecule has 0 radical (unpaired) electrons. The molecule has 3 nitrogen and oxygen atoms in total. The predicted molar refractivity (Wildman–Crippen MR) is 92.3 cm³/mol. The van der Waals surface area contributed by atoms with Crippen molar-refractivity contribution in [1.82, 2.24) is 0 Å². The molecule has 1 saturated carbocycles. The van der Waals surface area contributed by atoms with Crippen LogP contribution in [0.25, 0.3) is 0 Å². The topological polar surface area (TPSA) is 50.1 Å². The second-order valence-electron chi connectivity index (χ2n) is 6.56. The molecular formula is C21H20FNO2. The van der Waals surface area contributed by atoms with Gasteiger partial charge in [0.15, 0.2) is 11.6 Å². The molecule has 0 amide bonds. The van der Waals surface area contributed by atoms with E-state index in [9.17, 15) is 9.18 Å². The van der Waals surface area contributed by atoms with E-state index in [1.165, 1.54) is 23.8 Å². The van der Waals surface area contributed by atoms with Crippen molar-refractivity contribution < 1.29 is 13.9 Å². The van der Waals surface area contributed by atoms with E-state index >= 15 is 0 Å². The number of halogens is 1. The van der Waals surface area contributed by atoms with Crippen LogP contribution >= 0.6 is 0 Å². The Kier molecular flexibility index (Phi) is 5.45. The number of ether oxygens (including phenoxy) is 1. The third-order valence-electron chi connectivity index (χ3n) is 4.84. The lowest BCUT2D eigenvalue weighted by atomic mass is 9.79. The highest BCUT2D eigenvalue weighted by Gasteiger charge is 2.28. The van der Waals surface area contributed by atoms with Gasteiger partial charge in [-0.15, -0.1) is 0 Å². The minimum Gasteiger partial charge on any atom is -0.423 e. The highest BCUT2D eigenvalue weighted by molar-refractivity contribution is 5.75. The summed E-state index contributed by atoms with van der Waals surface area (Å²) in [6, 6.07) is 16.4. The largest absolute Gasteiger partial charge is 0.423 e. The first-order valence-corrected chi connectivity index (χ1v) is 8.61. The molecule has 2 aromatic rings. The molecule has 0 spiro atoms. The van der Waals surface area contributed by atoms with Gasteiger partial charge in [-0.3, -0.25) is 4.79 Å². The van der Waals surface area contributed by atoms with Crippen molar-refractivity contribution in [3.8, 4) is 11.8 Å². The molecule has 128 valence electrons. The zero-order valence-corrected chi connectivity index (χ0v) is 14.0. The zero-order valence-electron chi connectivity index (χ0n) is 14.0. The number of carbonyl (C=O) groups excluding carboxylic acids is 1. The molecular weight excluding hydrogens is 317 g/mol. The number of esters is 1. The van der Waals surface area contributed by atoms with Crippen LogP contribution in [-0.4, -0.2) is 5.97 Å². The molecule has 0 unspecified atom stereocenters. The van der Waals surface area contributed by atoms with Crippen LogP contribution in [0.3, 0.4) is 0 Å². The van der Waals surface area contributed by atoms with Gasteiger partial charge in [-0.25, -0.2) is 4.39 Å². The molecule has 0 heterocycles. The second kappa shape index (κ2) is 7.94. The van der Waals surface area contributed by atoms with E-state index in [4.69, 9.17) is 10.00 Å². The Hall–Kier alpha value is -2.67. The minimum atomic E-state index is -0.767. The van der Waals surface area contributed by atoms with Crippen LogP contribution in [0.5, 0.6) is 5.75 Å². The van der Waals surface area contributed by atoms with Crippen molar-refractivity contribution in [2.24, 2.45) is 11.8 Å². The van der Waals surface area contributed by atoms with E-state index in [1.807, 2.05) is 18.2 Å². The molecule has 4 heteroatoms. The Labute approximate surface area is 147 Å². The SMILES string of the molecule is N#Cc1cccc(OC(=O)C2CCC(Cc3ccccc3)CC2)c1F. The summed E-state index contributed by atoms with van der Waals surface area (Å²) in [4.78, 5) is 12.3. The summed E-state index contributed by atoms with van der Waals surface area (Å²) >= 11 is 0.